The Bertz CT molecular complexity index is 1210. The molecule has 0 bridgehead atoms. The van der Waals surface area contributed by atoms with Crippen molar-refractivity contribution < 1.29 is 36.2 Å². The number of ether oxygens (including phenoxy) is 2. The average molecular weight is 541 g/mol. The standard InChI is InChI=1S/2C14H14N2O2.Ni/c2*1-14(2)9-18-13(16-14)7-12(17)11-5-3-10(8-15)4-6-11;/h2*3-7,17H,9H2,1-2H3;/q;;+2/p-2/b2*12-7-;. The van der Waals surface area contributed by atoms with Crippen molar-refractivity contribution in [1.82, 2.24) is 0 Å². The maximum absolute atomic E-state index is 11.9. The minimum Gasteiger partial charge on any atom is -0.872 e. The molecule has 0 radical (unpaired) electrons. The molecule has 8 nitrogen and oxygen atoms in total. The normalized spacial score (nSPS) is 17.4. The van der Waals surface area contributed by atoms with Crippen molar-refractivity contribution in [2.24, 2.45) is 9.98 Å². The fourth-order valence-corrected chi connectivity index (χ4v) is 3.18. The molecule has 2 aromatic rings. The van der Waals surface area contributed by atoms with Gasteiger partial charge >= 0.3 is 16.5 Å². The summed E-state index contributed by atoms with van der Waals surface area (Å²) in [6, 6.07) is 17.0. The van der Waals surface area contributed by atoms with Gasteiger partial charge < -0.3 is 19.7 Å². The molecule has 0 atom stereocenters. The van der Waals surface area contributed by atoms with Crippen molar-refractivity contribution in [3.63, 3.8) is 0 Å². The molecule has 4 rings (SSSR count). The first kappa shape index (κ1) is 29.2. The molecule has 2 aromatic carbocycles. The molecule has 0 unspecified atom stereocenters. The van der Waals surface area contributed by atoms with Gasteiger partial charge in [-0.3, -0.25) is 0 Å². The minimum absolute atomic E-state index is 0. The van der Waals surface area contributed by atoms with Crippen LogP contribution < -0.4 is 10.2 Å². The van der Waals surface area contributed by atoms with E-state index in [0.29, 0.717) is 47.3 Å². The van der Waals surface area contributed by atoms with Crippen molar-refractivity contribution in [2.45, 2.75) is 38.8 Å². The Labute approximate surface area is 226 Å². The third-order valence-electron chi connectivity index (χ3n) is 5.08. The predicted octanol–water partition coefficient (Wildman–Crippen LogP) is 2.93. The van der Waals surface area contributed by atoms with Crippen molar-refractivity contribution in [3.05, 3.63) is 82.9 Å². The zero-order chi connectivity index (χ0) is 26.3. The van der Waals surface area contributed by atoms with Crippen molar-refractivity contribution in [3.8, 4) is 12.1 Å². The van der Waals surface area contributed by atoms with E-state index in [4.69, 9.17) is 20.0 Å². The number of nitrogens with zero attached hydrogens (tertiary/aromatic N) is 4. The molecular weight excluding hydrogens is 515 g/mol. The number of hydrogen-bond acceptors (Lipinski definition) is 8. The van der Waals surface area contributed by atoms with Crippen molar-refractivity contribution >= 4 is 23.3 Å². The van der Waals surface area contributed by atoms with Gasteiger partial charge in [-0.25, -0.2) is 9.98 Å². The van der Waals surface area contributed by atoms with E-state index in [-0.39, 0.29) is 39.1 Å². The summed E-state index contributed by atoms with van der Waals surface area (Å²) in [7, 11) is 0. The number of rotatable bonds is 4. The van der Waals surface area contributed by atoms with Crippen LogP contribution in [0.25, 0.3) is 11.5 Å². The molecule has 0 saturated carbocycles. The minimum atomic E-state index is -0.267. The molecule has 0 N–H and O–H groups in total. The average Bonchev–Trinajstić information content (AvgIpc) is 3.38. The van der Waals surface area contributed by atoms with Gasteiger partial charge in [-0.1, -0.05) is 35.8 Å². The Morgan fingerprint density at radius 3 is 1.30 bits per heavy atom. The third kappa shape index (κ3) is 8.53. The molecule has 0 fully saturated rings. The fourth-order valence-electron chi connectivity index (χ4n) is 3.18. The quantitative estimate of drug-likeness (QED) is 0.431. The maximum atomic E-state index is 11.9. The van der Waals surface area contributed by atoms with Gasteiger partial charge in [0.25, 0.3) is 0 Å². The Morgan fingerprint density at radius 1 is 0.730 bits per heavy atom. The number of nitriles is 2. The first-order chi connectivity index (χ1) is 17.0. The summed E-state index contributed by atoms with van der Waals surface area (Å²) >= 11 is 0. The Morgan fingerprint density at radius 2 is 1.05 bits per heavy atom. The van der Waals surface area contributed by atoms with Crippen LogP contribution in [0.5, 0.6) is 0 Å². The number of hydrogen-bond donors (Lipinski definition) is 0. The van der Waals surface area contributed by atoms with Crippen molar-refractivity contribution in [1.29, 1.82) is 10.5 Å². The van der Waals surface area contributed by atoms with Crippen LogP contribution in [-0.4, -0.2) is 36.1 Å². The van der Waals surface area contributed by atoms with E-state index in [0.717, 1.165) is 0 Å². The van der Waals surface area contributed by atoms with Crippen LogP contribution in [0.3, 0.4) is 0 Å². The monoisotopic (exact) mass is 540 g/mol. The second kappa shape index (κ2) is 12.3. The molecule has 9 heteroatoms. The van der Waals surface area contributed by atoms with Crippen LogP contribution in [0, 0.1) is 22.7 Å². The van der Waals surface area contributed by atoms with Gasteiger partial charge in [0.1, 0.15) is 13.2 Å². The first-order valence-electron chi connectivity index (χ1n) is 11.2. The molecule has 2 aliphatic rings. The van der Waals surface area contributed by atoms with E-state index in [1.54, 1.807) is 48.5 Å². The Kier molecular flexibility index (Phi) is 9.66. The molecule has 0 aromatic heterocycles. The molecule has 192 valence electrons. The predicted molar refractivity (Wildman–Crippen MR) is 133 cm³/mol. The van der Waals surface area contributed by atoms with E-state index < -0.39 is 0 Å². The van der Waals surface area contributed by atoms with Crippen LogP contribution in [-0.2, 0) is 26.0 Å². The van der Waals surface area contributed by atoms with Crippen molar-refractivity contribution in [2.75, 3.05) is 13.2 Å². The topological polar surface area (TPSA) is 137 Å². The van der Waals surface area contributed by atoms with E-state index in [1.165, 1.54) is 12.2 Å². The van der Waals surface area contributed by atoms with Gasteiger partial charge in [0, 0.05) is 0 Å². The first-order valence-corrected chi connectivity index (χ1v) is 11.2. The SMILES string of the molecule is CC1(C)COC(/C=C(\[O-])c2ccc(C#N)cc2)=N1.CC1(C)COC(/C=C(\[O-])c2ccc(C#N)cc2)=N1.[Ni+2]. The van der Waals surface area contributed by atoms with Gasteiger partial charge in [0.05, 0.1) is 34.3 Å². The third-order valence-corrected chi connectivity index (χ3v) is 5.08. The van der Waals surface area contributed by atoms with Crippen LogP contribution >= 0.6 is 0 Å². The van der Waals surface area contributed by atoms with Gasteiger partial charge in [-0.2, -0.15) is 10.5 Å². The summed E-state index contributed by atoms with van der Waals surface area (Å²) < 4.78 is 10.7. The second-order valence-electron chi connectivity index (χ2n) is 9.50. The molecule has 0 spiro atoms. The molecule has 0 saturated heterocycles. The fraction of sp³-hybridized carbons (Fsp3) is 0.286. The van der Waals surface area contributed by atoms with Crippen LogP contribution in [0.4, 0.5) is 0 Å². The Balaban J connectivity index is 0.000000253. The summed E-state index contributed by atoms with van der Waals surface area (Å²) in [5.74, 6) is 0.399. The Hall–Kier alpha value is -4.07. The zero-order valence-electron chi connectivity index (χ0n) is 20.9. The summed E-state index contributed by atoms with van der Waals surface area (Å²) in [5.41, 5.74) is 1.56. The van der Waals surface area contributed by atoms with Gasteiger partial charge in [0.15, 0.2) is 0 Å². The van der Waals surface area contributed by atoms with Gasteiger partial charge in [-0.15, -0.1) is 0 Å². The summed E-state index contributed by atoms with van der Waals surface area (Å²) in [6.07, 6.45) is 2.77. The molecular formula is C28H26N4NiO4. The summed E-state index contributed by atoms with van der Waals surface area (Å²) in [5, 5.41) is 41.2. The second-order valence-corrected chi connectivity index (χ2v) is 9.50. The van der Waals surface area contributed by atoms with E-state index in [1.807, 2.05) is 39.8 Å². The van der Waals surface area contributed by atoms with Gasteiger partial charge in [-0.05, 0) is 75.2 Å². The molecule has 37 heavy (non-hydrogen) atoms. The van der Waals surface area contributed by atoms with E-state index in [9.17, 15) is 10.2 Å². The van der Waals surface area contributed by atoms with Crippen LogP contribution in [0.2, 0.25) is 0 Å². The van der Waals surface area contributed by atoms with Crippen LogP contribution in [0.1, 0.15) is 49.9 Å². The van der Waals surface area contributed by atoms with Crippen LogP contribution in [0.15, 0.2) is 70.7 Å². The molecule has 2 heterocycles. The maximum Gasteiger partial charge on any atom is 2.00 e. The van der Waals surface area contributed by atoms with Gasteiger partial charge in [0.2, 0.25) is 11.8 Å². The van der Waals surface area contributed by atoms with E-state index >= 15 is 0 Å². The molecule has 0 amide bonds. The van der Waals surface area contributed by atoms with E-state index in [2.05, 4.69) is 9.98 Å². The largest absolute Gasteiger partial charge is 2.00 e. The molecule has 2 aliphatic heterocycles. The number of benzene rings is 2. The number of aliphatic imine (C=N–C) groups is 2. The zero-order valence-corrected chi connectivity index (χ0v) is 21.9. The smallest absolute Gasteiger partial charge is 0.872 e. The summed E-state index contributed by atoms with van der Waals surface area (Å²) in [6.45, 7) is 8.75. The molecule has 0 aliphatic carbocycles. The summed E-state index contributed by atoms with van der Waals surface area (Å²) in [4.78, 5) is 8.57.